The van der Waals surface area contributed by atoms with E-state index in [1.165, 1.54) is 25.6 Å². The van der Waals surface area contributed by atoms with Gasteiger partial charge in [-0.15, -0.1) is 0 Å². The number of methoxy groups -OCH3 is 3. The summed E-state index contributed by atoms with van der Waals surface area (Å²) < 4.78 is 43.4. The van der Waals surface area contributed by atoms with Crippen LogP contribution in [0.5, 0.6) is 17.2 Å². The van der Waals surface area contributed by atoms with Crippen LogP contribution in [0, 0.1) is 13.8 Å². The maximum Gasteiger partial charge on any atom is 0.254 e. The van der Waals surface area contributed by atoms with Crippen LogP contribution in [0.3, 0.4) is 0 Å². The Morgan fingerprint density at radius 1 is 0.839 bits per heavy atom. The lowest BCUT2D eigenvalue weighted by Crippen LogP contribution is -2.50. The van der Waals surface area contributed by atoms with Crippen molar-refractivity contribution < 1.29 is 27.4 Å². The number of carbonyl (C=O) groups excluding carboxylic acids is 1. The number of hydrogen-bond acceptors (Lipinski definition) is 6. The largest absolute Gasteiger partial charge is 0.493 e. The van der Waals surface area contributed by atoms with Crippen molar-refractivity contribution in [2.24, 2.45) is 0 Å². The van der Waals surface area contributed by atoms with Gasteiger partial charge in [-0.05, 0) is 49.2 Å². The molecule has 0 N–H and O–H groups in total. The van der Waals surface area contributed by atoms with Crippen LogP contribution in [0.2, 0.25) is 0 Å². The molecule has 0 aromatic heterocycles. The van der Waals surface area contributed by atoms with Gasteiger partial charge in [0.25, 0.3) is 5.91 Å². The van der Waals surface area contributed by atoms with Gasteiger partial charge in [0.2, 0.25) is 15.8 Å². The molecular weight excluding hydrogens is 420 g/mol. The Bertz CT molecular complexity index is 1050. The van der Waals surface area contributed by atoms with E-state index in [-0.39, 0.29) is 23.9 Å². The molecular formula is C22H28N2O6S. The third kappa shape index (κ3) is 4.47. The van der Waals surface area contributed by atoms with Gasteiger partial charge < -0.3 is 19.1 Å². The van der Waals surface area contributed by atoms with Crippen molar-refractivity contribution in [2.75, 3.05) is 47.5 Å². The minimum absolute atomic E-state index is 0.220. The monoisotopic (exact) mass is 448 g/mol. The van der Waals surface area contributed by atoms with Crippen LogP contribution in [-0.4, -0.2) is 71.0 Å². The van der Waals surface area contributed by atoms with E-state index in [0.29, 0.717) is 35.9 Å². The third-order valence-corrected chi connectivity index (χ3v) is 7.45. The van der Waals surface area contributed by atoms with Gasteiger partial charge in [-0.25, -0.2) is 8.42 Å². The number of piperazine rings is 1. The van der Waals surface area contributed by atoms with Crippen molar-refractivity contribution >= 4 is 15.9 Å². The summed E-state index contributed by atoms with van der Waals surface area (Å²) in [7, 11) is 0.867. The smallest absolute Gasteiger partial charge is 0.254 e. The molecule has 8 nitrogen and oxygen atoms in total. The minimum Gasteiger partial charge on any atom is -0.493 e. The van der Waals surface area contributed by atoms with Crippen molar-refractivity contribution in [1.29, 1.82) is 0 Å². The Hall–Kier alpha value is -2.78. The molecule has 3 rings (SSSR count). The van der Waals surface area contributed by atoms with Crippen LogP contribution in [-0.2, 0) is 10.0 Å². The average molecular weight is 449 g/mol. The van der Waals surface area contributed by atoms with Crippen molar-refractivity contribution in [3.8, 4) is 17.2 Å². The van der Waals surface area contributed by atoms with E-state index in [4.69, 9.17) is 14.2 Å². The molecule has 31 heavy (non-hydrogen) atoms. The molecule has 1 amide bonds. The molecule has 0 bridgehead atoms. The zero-order valence-electron chi connectivity index (χ0n) is 18.5. The lowest BCUT2D eigenvalue weighted by molar-refractivity contribution is 0.0697. The van der Waals surface area contributed by atoms with Crippen molar-refractivity contribution in [3.63, 3.8) is 0 Å². The van der Waals surface area contributed by atoms with Crippen LogP contribution < -0.4 is 14.2 Å². The summed E-state index contributed by atoms with van der Waals surface area (Å²) in [5.41, 5.74) is 2.36. The normalized spacial score (nSPS) is 14.9. The number of hydrogen-bond donors (Lipinski definition) is 0. The van der Waals surface area contributed by atoms with Gasteiger partial charge in [-0.3, -0.25) is 4.79 Å². The lowest BCUT2D eigenvalue weighted by atomic mass is 10.1. The van der Waals surface area contributed by atoms with Gasteiger partial charge in [0.05, 0.1) is 26.2 Å². The fourth-order valence-electron chi connectivity index (χ4n) is 3.54. The highest BCUT2D eigenvalue weighted by molar-refractivity contribution is 7.89. The third-order valence-electron chi connectivity index (χ3n) is 5.55. The molecule has 0 saturated carbocycles. The summed E-state index contributed by atoms with van der Waals surface area (Å²) in [6.45, 7) is 4.87. The van der Waals surface area contributed by atoms with Gasteiger partial charge in [0.1, 0.15) is 0 Å². The Balaban J connectivity index is 1.76. The molecule has 9 heteroatoms. The fourth-order valence-corrected chi connectivity index (χ4v) is 5.05. The molecule has 0 unspecified atom stereocenters. The second-order valence-electron chi connectivity index (χ2n) is 7.36. The van der Waals surface area contributed by atoms with Gasteiger partial charge in [-0.2, -0.15) is 4.31 Å². The van der Waals surface area contributed by atoms with E-state index in [9.17, 15) is 13.2 Å². The maximum atomic E-state index is 13.1. The van der Waals surface area contributed by atoms with Crippen LogP contribution >= 0.6 is 0 Å². The number of amides is 1. The molecule has 1 saturated heterocycles. The van der Waals surface area contributed by atoms with E-state index >= 15 is 0 Å². The highest BCUT2D eigenvalue weighted by atomic mass is 32.2. The van der Waals surface area contributed by atoms with Crippen LogP contribution in [0.4, 0.5) is 0 Å². The molecule has 0 atom stereocenters. The Labute approximate surface area is 183 Å². The quantitative estimate of drug-likeness (QED) is 0.675. The summed E-state index contributed by atoms with van der Waals surface area (Å²) in [6, 6.07) is 8.33. The predicted molar refractivity (Wildman–Crippen MR) is 117 cm³/mol. The highest BCUT2D eigenvalue weighted by Gasteiger charge is 2.31. The molecule has 0 aliphatic carbocycles. The second-order valence-corrected chi connectivity index (χ2v) is 9.29. The highest BCUT2D eigenvalue weighted by Crippen LogP contribution is 2.38. The SMILES string of the molecule is COc1cc(C(=O)N2CCN(S(=O)(=O)c3ccc(C)c(C)c3)CC2)cc(OC)c1OC. The summed E-state index contributed by atoms with van der Waals surface area (Å²) in [4.78, 5) is 15.0. The minimum atomic E-state index is -3.61. The van der Waals surface area contributed by atoms with Crippen LogP contribution in [0.1, 0.15) is 21.5 Å². The summed E-state index contributed by atoms with van der Waals surface area (Å²) in [5, 5.41) is 0. The number of carbonyl (C=O) groups is 1. The number of rotatable bonds is 6. The van der Waals surface area contributed by atoms with Crippen molar-refractivity contribution in [2.45, 2.75) is 18.7 Å². The second kappa shape index (κ2) is 9.15. The maximum absolute atomic E-state index is 13.1. The zero-order valence-corrected chi connectivity index (χ0v) is 19.3. The Kier molecular flexibility index (Phi) is 6.76. The van der Waals surface area contributed by atoms with Crippen LogP contribution in [0.25, 0.3) is 0 Å². The van der Waals surface area contributed by atoms with Crippen LogP contribution in [0.15, 0.2) is 35.2 Å². The molecule has 1 heterocycles. The molecule has 1 aliphatic heterocycles. The van der Waals surface area contributed by atoms with Gasteiger partial charge in [-0.1, -0.05) is 6.07 Å². The Morgan fingerprint density at radius 2 is 1.42 bits per heavy atom. The van der Waals surface area contributed by atoms with Gasteiger partial charge >= 0.3 is 0 Å². The van der Waals surface area contributed by atoms with Gasteiger partial charge in [0.15, 0.2) is 11.5 Å². The first-order valence-corrected chi connectivity index (χ1v) is 11.3. The average Bonchev–Trinajstić information content (AvgIpc) is 2.79. The van der Waals surface area contributed by atoms with E-state index < -0.39 is 10.0 Å². The summed E-state index contributed by atoms with van der Waals surface area (Å²) in [6.07, 6.45) is 0. The molecule has 168 valence electrons. The molecule has 1 aliphatic rings. The molecule has 0 spiro atoms. The summed E-state index contributed by atoms with van der Waals surface area (Å²) in [5.74, 6) is 0.968. The fraction of sp³-hybridized carbons (Fsp3) is 0.409. The van der Waals surface area contributed by atoms with E-state index in [1.54, 1.807) is 29.2 Å². The number of ether oxygens (including phenoxy) is 3. The Morgan fingerprint density at radius 3 is 1.90 bits per heavy atom. The predicted octanol–water partition coefficient (Wildman–Crippen LogP) is 2.48. The van der Waals surface area contributed by atoms with E-state index in [0.717, 1.165) is 11.1 Å². The van der Waals surface area contributed by atoms with Gasteiger partial charge in [0, 0.05) is 31.7 Å². The molecule has 2 aromatic rings. The first kappa shape index (κ1) is 22.9. The van der Waals surface area contributed by atoms with Crippen molar-refractivity contribution in [3.05, 3.63) is 47.0 Å². The number of sulfonamides is 1. The number of nitrogens with zero attached hydrogens (tertiary/aromatic N) is 2. The zero-order chi connectivity index (χ0) is 22.8. The first-order chi connectivity index (χ1) is 14.7. The van der Waals surface area contributed by atoms with E-state index in [2.05, 4.69) is 0 Å². The molecule has 2 aromatic carbocycles. The molecule has 1 fully saturated rings. The van der Waals surface area contributed by atoms with Crippen molar-refractivity contribution in [1.82, 2.24) is 9.21 Å². The number of aryl methyl sites for hydroxylation is 2. The lowest BCUT2D eigenvalue weighted by Gasteiger charge is -2.34. The topological polar surface area (TPSA) is 85.4 Å². The summed E-state index contributed by atoms with van der Waals surface area (Å²) >= 11 is 0. The first-order valence-electron chi connectivity index (χ1n) is 9.89. The standard InChI is InChI=1S/C22H28N2O6S/c1-15-6-7-18(12-16(15)2)31(26,27)24-10-8-23(9-11-24)22(25)17-13-19(28-3)21(30-5)20(14-17)29-4/h6-7,12-14H,8-11H2,1-5H3. The number of benzene rings is 2. The molecule has 0 radical (unpaired) electrons. The van der Waals surface area contributed by atoms with E-state index in [1.807, 2.05) is 19.9 Å².